The number of ketones is 1. The van der Waals surface area contributed by atoms with Crippen molar-refractivity contribution in [3.05, 3.63) is 11.7 Å². The Labute approximate surface area is 69.4 Å². The Balaban J connectivity index is 2.58. The fourth-order valence-electron chi connectivity index (χ4n) is 0.782. The van der Waals surface area contributed by atoms with Gasteiger partial charge in [0.25, 0.3) is 0 Å². The molecule has 0 unspecified atom stereocenters. The van der Waals surface area contributed by atoms with Crippen LogP contribution in [0.15, 0.2) is 4.52 Å². The summed E-state index contributed by atoms with van der Waals surface area (Å²) in [5, 5.41) is 12.1. The maximum absolute atomic E-state index is 10.6. The van der Waals surface area contributed by atoms with E-state index in [1.807, 2.05) is 0 Å². The molecule has 12 heavy (non-hydrogen) atoms. The van der Waals surface area contributed by atoms with Crippen molar-refractivity contribution in [1.82, 2.24) is 10.1 Å². The largest absolute Gasteiger partial charge is 0.396 e. The Morgan fingerprint density at radius 2 is 2.42 bits per heavy atom. The molecule has 1 aromatic heterocycles. The van der Waals surface area contributed by atoms with Gasteiger partial charge in [0.1, 0.15) is 5.78 Å². The maximum atomic E-state index is 10.6. The Morgan fingerprint density at radius 3 is 3.00 bits per heavy atom. The molecule has 66 valence electrons. The topological polar surface area (TPSA) is 76.2 Å². The van der Waals surface area contributed by atoms with E-state index in [4.69, 9.17) is 9.63 Å². The van der Waals surface area contributed by atoms with E-state index in [-0.39, 0.29) is 18.8 Å². The van der Waals surface area contributed by atoms with E-state index in [1.54, 1.807) is 0 Å². The number of hydrogen-bond acceptors (Lipinski definition) is 5. The number of Topliss-reactive ketones (excluding diaryl/α,β-unsaturated/α-hetero) is 1. The summed E-state index contributed by atoms with van der Waals surface area (Å²) >= 11 is 0. The van der Waals surface area contributed by atoms with Crippen LogP contribution in [0.5, 0.6) is 0 Å². The Kier molecular flexibility index (Phi) is 2.93. The van der Waals surface area contributed by atoms with Crippen molar-refractivity contribution in [3.8, 4) is 0 Å². The molecule has 0 atom stereocenters. The van der Waals surface area contributed by atoms with Gasteiger partial charge in [0.2, 0.25) is 5.89 Å². The van der Waals surface area contributed by atoms with Crippen LogP contribution in [-0.4, -0.2) is 27.6 Å². The molecule has 0 bridgehead atoms. The molecule has 1 rings (SSSR count). The Hall–Kier alpha value is -1.23. The molecule has 0 spiro atoms. The average Bonchev–Trinajstić information content (AvgIpc) is 2.36. The van der Waals surface area contributed by atoms with E-state index in [2.05, 4.69) is 10.1 Å². The van der Waals surface area contributed by atoms with E-state index in [1.165, 1.54) is 6.92 Å². The molecule has 0 amide bonds. The van der Waals surface area contributed by atoms with Gasteiger partial charge in [-0.3, -0.25) is 4.79 Å². The SMILES string of the molecule is CC(=O)Cc1noc(CCO)n1. The van der Waals surface area contributed by atoms with Crippen molar-refractivity contribution in [3.63, 3.8) is 0 Å². The lowest BCUT2D eigenvalue weighted by molar-refractivity contribution is -0.116. The minimum atomic E-state index is -0.0261. The first-order valence-corrected chi connectivity index (χ1v) is 3.64. The summed E-state index contributed by atoms with van der Waals surface area (Å²) in [5.74, 6) is 0.742. The number of rotatable bonds is 4. The summed E-state index contributed by atoms with van der Waals surface area (Å²) in [6, 6.07) is 0. The zero-order valence-corrected chi connectivity index (χ0v) is 6.78. The maximum Gasteiger partial charge on any atom is 0.228 e. The van der Waals surface area contributed by atoms with Crippen LogP contribution in [0, 0.1) is 0 Å². The normalized spacial score (nSPS) is 10.2. The molecular formula is C7H10N2O3. The fourth-order valence-corrected chi connectivity index (χ4v) is 0.782. The second-order valence-corrected chi connectivity index (χ2v) is 2.46. The summed E-state index contributed by atoms with van der Waals surface area (Å²) in [7, 11) is 0. The molecule has 0 fully saturated rings. The first kappa shape index (κ1) is 8.86. The predicted molar refractivity (Wildman–Crippen MR) is 39.5 cm³/mol. The number of aliphatic hydroxyl groups excluding tert-OH is 1. The van der Waals surface area contributed by atoms with Gasteiger partial charge in [0.15, 0.2) is 5.82 Å². The van der Waals surface area contributed by atoms with E-state index >= 15 is 0 Å². The van der Waals surface area contributed by atoms with Gasteiger partial charge in [-0.2, -0.15) is 4.98 Å². The lowest BCUT2D eigenvalue weighted by Crippen LogP contribution is -1.98. The van der Waals surface area contributed by atoms with Gasteiger partial charge in [0, 0.05) is 0 Å². The van der Waals surface area contributed by atoms with E-state index < -0.39 is 0 Å². The van der Waals surface area contributed by atoms with Gasteiger partial charge in [-0.15, -0.1) is 0 Å². The van der Waals surface area contributed by atoms with Crippen molar-refractivity contribution >= 4 is 5.78 Å². The van der Waals surface area contributed by atoms with Gasteiger partial charge < -0.3 is 9.63 Å². The number of carbonyl (C=O) groups is 1. The quantitative estimate of drug-likeness (QED) is 0.673. The van der Waals surface area contributed by atoms with Gasteiger partial charge in [-0.05, 0) is 6.92 Å². The summed E-state index contributed by atoms with van der Waals surface area (Å²) in [5.41, 5.74) is 0. The predicted octanol–water partition coefficient (Wildman–Crippen LogP) is -0.264. The third-order valence-electron chi connectivity index (χ3n) is 1.24. The zero-order valence-electron chi connectivity index (χ0n) is 6.78. The molecule has 0 saturated heterocycles. The van der Waals surface area contributed by atoms with E-state index in [0.29, 0.717) is 18.1 Å². The van der Waals surface area contributed by atoms with Gasteiger partial charge >= 0.3 is 0 Å². The molecule has 0 aromatic carbocycles. The lowest BCUT2D eigenvalue weighted by Gasteiger charge is -1.84. The van der Waals surface area contributed by atoms with Crippen molar-refractivity contribution in [2.24, 2.45) is 0 Å². The third-order valence-corrected chi connectivity index (χ3v) is 1.24. The van der Waals surface area contributed by atoms with Crippen LogP contribution in [0.2, 0.25) is 0 Å². The minimum Gasteiger partial charge on any atom is -0.396 e. The summed E-state index contributed by atoms with van der Waals surface area (Å²) in [4.78, 5) is 14.5. The van der Waals surface area contributed by atoms with Crippen LogP contribution in [0.25, 0.3) is 0 Å². The van der Waals surface area contributed by atoms with Crippen molar-refractivity contribution in [2.45, 2.75) is 19.8 Å². The Bertz CT molecular complexity index is 269. The molecule has 0 radical (unpaired) electrons. The highest BCUT2D eigenvalue weighted by Crippen LogP contribution is 1.98. The molecule has 5 nitrogen and oxygen atoms in total. The second kappa shape index (κ2) is 3.96. The lowest BCUT2D eigenvalue weighted by atomic mass is 10.3. The van der Waals surface area contributed by atoms with Gasteiger partial charge in [-0.25, -0.2) is 0 Å². The molecule has 0 aliphatic heterocycles. The van der Waals surface area contributed by atoms with Crippen LogP contribution >= 0.6 is 0 Å². The van der Waals surface area contributed by atoms with E-state index in [0.717, 1.165) is 0 Å². The van der Waals surface area contributed by atoms with Crippen molar-refractivity contribution in [2.75, 3.05) is 6.61 Å². The molecule has 1 aromatic rings. The number of carbonyl (C=O) groups excluding carboxylic acids is 1. The summed E-state index contributed by atoms with van der Waals surface area (Å²) < 4.78 is 4.73. The Morgan fingerprint density at radius 1 is 1.67 bits per heavy atom. The number of nitrogens with zero attached hydrogens (tertiary/aromatic N) is 2. The van der Waals surface area contributed by atoms with Crippen LogP contribution in [0.3, 0.4) is 0 Å². The molecule has 0 aliphatic rings. The molecule has 0 saturated carbocycles. The van der Waals surface area contributed by atoms with Crippen LogP contribution in [-0.2, 0) is 17.6 Å². The molecule has 5 heteroatoms. The second-order valence-electron chi connectivity index (χ2n) is 2.46. The highest BCUT2D eigenvalue weighted by molar-refractivity contribution is 5.77. The first-order chi connectivity index (χ1) is 5.72. The van der Waals surface area contributed by atoms with Crippen molar-refractivity contribution in [1.29, 1.82) is 0 Å². The van der Waals surface area contributed by atoms with Crippen LogP contribution < -0.4 is 0 Å². The zero-order chi connectivity index (χ0) is 8.97. The molecule has 0 aliphatic carbocycles. The standard InChI is InChI=1S/C7H10N2O3/c1-5(11)4-6-8-7(2-3-10)12-9-6/h10H,2-4H2,1H3. The summed E-state index contributed by atoms with van der Waals surface area (Å²) in [6.45, 7) is 1.43. The third kappa shape index (κ3) is 2.43. The molecular weight excluding hydrogens is 160 g/mol. The number of hydrogen-bond donors (Lipinski definition) is 1. The molecule has 1 heterocycles. The minimum absolute atomic E-state index is 0.00801. The van der Waals surface area contributed by atoms with Gasteiger partial charge in [-0.1, -0.05) is 5.16 Å². The van der Waals surface area contributed by atoms with E-state index in [9.17, 15) is 4.79 Å². The van der Waals surface area contributed by atoms with Crippen LogP contribution in [0.4, 0.5) is 0 Å². The average molecular weight is 170 g/mol. The van der Waals surface area contributed by atoms with Crippen molar-refractivity contribution < 1.29 is 14.4 Å². The molecule has 1 N–H and O–H groups in total. The first-order valence-electron chi connectivity index (χ1n) is 3.64. The number of aromatic nitrogens is 2. The smallest absolute Gasteiger partial charge is 0.228 e. The van der Waals surface area contributed by atoms with Crippen LogP contribution in [0.1, 0.15) is 18.6 Å². The fraction of sp³-hybridized carbons (Fsp3) is 0.571. The highest BCUT2D eigenvalue weighted by Gasteiger charge is 2.06. The monoisotopic (exact) mass is 170 g/mol. The van der Waals surface area contributed by atoms with Gasteiger partial charge in [0.05, 0.1) is 19.4 Å². The highest BCUT2D eigenvalue weighted by atomic mass is 16.5. The summed E-state index contributed by atoms with van der Waals surface area (Å²) in [6.07, 6.45) is 0.528. The number of aliphatic hydroxyl groups is 1.